The van der Waals surface area contributed by atoms with Gasteiger partial charge in [0.05, 0.1) is 19.3 Å². The quantitative estimate of drug-likeness (QED) is 0.845. The van der Waals surface area contributed by atoms with Crippen LogP contribution in [0.2, 0.25) is 0 Å². The van der Waals surface area contributed by atoms with Crippen molar-refractivity contribution in [1.29, 1.82) is 0 Å². The average molecular weight is 290 g/mol. The third-order valence-electron chi connectivity index (χ3n) is 4.26. The molecule has 0 spiro atoms. The molecule has 1 aromatic rings. The molecule has 5 heteroatoms. The molecule has 114 valence electrons. The Hall–Kier alpha value is -1.59. The molecule has 0 radical (unpaired) electrons. The first kappa shape index (κ1) is 14.4. The van der Waals surface area contributed by atoms with Crippen LogP contribution in [-0.2, 0) is 16.0 Å². The van der Waals surface area contributed by atoms with E-state index in [4.69, 9.17) is 9.47 Å². The second kappa shape index (κ2) is 6.45. The predicted octanol–water partition coefficient (Wildman–Crippen LogP) is 0.873. The van der Waals surface area contributed by atoms with Crippen LogP contribution in [0.3, 0.4) is 0 Å². The molecule has 2 N–H and O–H groups in total. The van der Waals surface area contributed by atoms with Crippen molar-refractivity contribution >= 4 is 5.91 Å². The molecule has 0 saturated carbocycles. The van der Waals surface area contributed by atoms with Crippen LogP contribution < -0.4 is 15.4 Å². The fourth-order valence-corrected chi connectivity index (χ4v) is 3.09. The third kappa shape index (κ3) is 3.36. The number of nitrogens with one attached hydrogen (secondary N) is 2. The minimum Gasteiger partial charge on any atom is -0.497 e. The van der Waals surface area contributed by atoms with Crippen molar-refractivity contribution in [1.82, 2.24) is 10.6 Å². The maximum Gasteiger partial charge on any atom is 0.237 e. The Morgan fingerprint density at radius 1 is 1.52 bits per heavy atom. The van der Waals surface area contributed by atoms with Crippen LogP contribution in [0.25, 0.3) is 0 Å². The van der Waals surface area contributed by atoms with Gasteiger partial charge in [-0.2, -0.15) is 0 Å². The lowest BCUT2D eigenvalue weighted by molar-refractivity contribution is -0.123. The van der Waals surface area contributed by atoms with Gasteiger partial charge in [0.1, 0.15) is 5.75 Å². The fraction of sp³-hybridized carbons (Fsp3) is 0.562. The van der Waals surface area contributed by atoms with Gasteiger partial charge in [0, 0.05) is 19.2 Å². The van der Waals surface area contributed by atoms with Crippen molar-refractivity contribution < 1.29 is 14.3 Å². The highest BCUT2D eigenvalue weighted by Crippen LogP contribution is 2.25. The molecule has 2 saturated heterocycles. The van der Waals surface area contributed by atoms with Crippen molar-refractivity contribution in [2.75, 3.05) is 20.3 Å². The molecule has 21 heavy (non-hydrogen) atoms. The third-order valence-corrected chi connectivity index (χ3v) is 4.26. The van der Waals surface area contributed by atoms with Crippen LogP contribution in [-0.4, -0.2) is 44.4 Å². The normalized spacial score (nSPS) is 27.4. The number of benzene rings is 1. The summed E-state index contributed by atoms with van der Waals surface area (Å²) in [5.41, 5.74) is 1.16. The Labute approximate surface area is 125 Å². The zero-order chi connectivity index (χ0) is 14.7. The molecule has 2 aliphatic heterocycles. The second-order valence-electron chi connectivity index (χ2n) is 5.65. The van der Waals surface area contributed by atoms with Crippen LogP contribution >= 0.6 is 0 Å². The minimum absolute atomic E-state index is 0.0795. The van der Waals surface area contributed by atoms with Crippen LogP contribution in [0.1, 0.15) is 18.4 Å². The molecule has 1 amide bonds. The lowest BCUT2D eigenvalue weighted by Crippen LogP contribution is -2.43. The fourth-order valence-electron chi connectivity index (χ4n) is 3.09. The van der Waals surface area contributed by atoms with Gasteiger partial charge in [-0.1, -0.05) is 12.1 Å². The van der Waals surface area contributed by atoms with Gasteiger partial charge in [-0.05, 0) is 37.0 Å². The number of ether oxygens (including phenoxy) is 2. The van der Waals surface area contributed by atoms with E-state index in [0.29, 0.717) is 12.6 Å². The highest BCUT2D eigenvalue weighted by atomic mass is 16.5. The summed E-state index contributed by atoms with van der Waals surface area (Å²) in [6, 6.07) is 8.18. The molecule has 3 rings (SSSR count). The summed E-state index contributed by atoms with van der Waals surface area (Å²) in [5.74, 6) is 0.928. The van der Waals surface area contributed by atoms with Gasteiger partial charge in [0.2, 0.25) is 5.91 Å². The molecule has 0 unspecified atom stereocenters. The number of hydrogen-bond acceptors (Lipinski definition) is 4. The van der Waals surface area contributed by atoms with E-state index in [-0.39, 0.29) is 18.1 Å². The van der Waals surface area contributed by atoms with Crippen LogP contribution in [0.15, 0.2) is 24.3 Å². The van der Waals surface area contributed by atoms with E-state index in [0.717, 1.165) is 37.2 Å². The maximum atomic E-state index is 12.1. The van der Waals surface area contributed by atoms with Crippen molar-refractivity contribution in [3.8, 4) is 5.75 Å². The number of amides is 1. The molecule has 0 aromatic heterocycles. The van der Waals surface area contributed by atoms with Crippen LogP contribution in [0, 0.1) is 0 Å². The van der Waals surface area contributed by atoms with Gasteiger partial charge >= 0.3 is 0 Å². The molecule has 5 nitrogen and oxygen atoms in total. The van der Waals surface area contributed by atoms with Gasteiger partial charge in [0.25, 0.3) is 0 Å². The SMILES string of the molecule is COc1cccc(CCNC(=O)[C@@H]2C[C@@H]3OCC[C@@H]3N2)c1. The Bertz CT molecular complexity index is 494. The van der Waals surface area contributed by atoms with Crippen molar-refractivity contribution in [3.63, 3.8) is 0 Å². The summed E-state index contributed by atoms with van der Waals surface area (Å²) >= 11 is 0. The van der Waals surface area contributed by atoms with E-state index in [1.165, 1.54) is 0 Å². The van der Waals surface area contributed by atoms with E-state index >= 15 is 0 Å². The monoisotopic (exact) mass is 290 g/mol. The zero-order valence-electron chi connectivity index (χ0n) is 12.3. The van der Waals surface area contributed by atoms with Gasteiger partial charge in [-0.3, -0.25) is 4.79 Å². The number of methoxy groups -OCH3 is 1. The molecule has 3 atom stereocenters. The van der Waals surface area contributed by atoms with E-state index in [9.17, 15) is 4.79 Å². The van der Waals surface area contributed by atoms with Crippen molar-refractivity contribution in [3.05, 3.63) is 29.8 Å². The minimum atomic E-state index is -0.106. The average Bonchev–Trinajstić information content (AvgIpc) is 3.08. The topological polar surface area (TPSA) is 59.6 Å². The number of carbonyl (C=O) groups is 1. The number of carbonyl (C=O) groups excluding carboxylic acids is 1. The Morgan fingerprint density at radius 2 is 2.43 bits per heavy atom. The van der Waals surface area contributed by atoms with Gasteiger partial charge in [-0.25, -0.2) is 0 Å². The first-order valence-electron chi connectivity index (χ1n) is 7.54. The number of hydrogen-bond donors (Lipinski definition) is 2. The molecule has 0 bridgehead atoms. The smallest absolute Gasteiger partial charge is 0.237 e. The van der Waals surface area contributed by atoms with E-state index in [1.54, 1.807) is 7.11 Å². The Balaban J connectivity index is 1.44. The predicted molar refractivity (Wildman–Crippen MR) is 79.4 cm³/mol. The molecule has 2 heterocycles. The summed E-state index contributed by atoms with van der Waals surface area (Å²) in [5, 5.41) is 6.36. The molecule has 1 aromatic carbocycles. The molecule has 2 fully saturated rings. The highest BCUT2D eigenvalue weighted by Gasteiger charge is 2.40. The zero-order valence-corrected chi connectivity index (χ0v) is 12.3. The molecule has 0 aliphatic carbocycles. The second-order valence-corrected chi connectivity index (χ2v) is 5.65. The summed E-state index contributed by atoms with van der Waals surface area (Å²) in [6.07, 6.45) is 2.83. The maximum absolute atomic E-state index is 12.1. The Kier molecular flexibility index (Phi) is 4.41. The number of rotatable bonds is 5. The first-order valence-corrected chi connectivity index (χ1v) is 7.54. The van der Waals surface area contributed by atoms with Crippen molar-refractivity contribution in [2.24, 2.45) is 0 Å². The largest absolute Gasteiger partial charge is 0.497 e. The Morgan fingerprint density at radius 3 is 3.24 bits per heavy atom. The van der Waals surface area contributed by atoms with Gasteiger partial charge < -0.3 is 20.1 Å². The molecular weight excluding hydrogens is 268 g/mol. The van der Waals surface area contributed by atoms with E-state index in [2.05, 4.69) is 10.6 Å². The van der Waals surface area contributed by atoms with Crippen LogP contribution in [0.4, 0.5) is 0 Å². The summed E-state index contributed by atoms with van der Waals surface area (Å²) in [7, 11) is 1.66. The van der Waals surface area contributed by atoms with Gasteiger partial charge in [-0.15, -0.1) is 0 Å². The molecule has 2 aliphatic rings. The first-order chi connectivity index (χ1) is 10.3. The van der Waals surface area contributed by atoms with Crippen molar-refractivity contribution in [2.45, 2.75) is 37.5 Å². The summed E-state index contributed by atoms with van der Waals surface area (Å²) < 4.78 is 10.8. The van der Waals surface area contributed by atoms with Gasteiger partial charge in [0.15, 0.2) is 0 Å². The lowest BCUT2D eigenvalue weighted by atomic mass is 10.1. The summed E-state index contributed by atoms with van der Waals surface area (Å²) in [6.45, 7) is 1.45. The number of fused-ring (bicyclic) bond motifs is 1. The highest BCUT2D eigenvalue weighted by molar-refractivity contribution is 5.82. The van der Waals surface area contributed by atoms with Crippen LogP contribution in [0.5, 0.6) is 5.75 Å². The van der Waals surface area contributed by atoms with E-state index in [1.807, 2.05) is 24.3 Å². The summed E-state index contributed by atoms with van der Waals surface area (Å²) in [4.78, 5) is 12.1. The van der Waals surface area contributed by atoms with E-state index < -0.39 is 0 Å². The lowest BCUT2D eigenvalue weighted by Gasteiger charge is -2.13. The molecular formula is C16H22N2O3. The standard InChI is InChI=1S/C16H22N2O3/c1-20-12-4-2-3-11(9-12)5-7-17-16(19)14-10-15-13(18-14)6-8-21-15/h2-4,9,13-15,18H,5-8,10H2,1H3,(H,17,19)/t13-,14-,15-/m0/s1.